The third-order valence-electron chi connectivity index (χ3n) is 5.12. The van der Waals surface area contributed by atoms with Gasteiger partial charge in [-0.05, 0) is 57.2 Å². The van der Waals surface area contributed by atoms with Crippen LogP contribution < -0.4 is 10.7 Å². The number of hydrogen-bond donors (Lipinski definition) is 2. The number of nitrogens with zero attached hydrogens (tertiary/aromatic N) is 1. The SMILES string of the molecule is CCCCc1ccc(NC(=O)c2oc3c(c2C)/C(=N/NC(=O)OCC)CCC3)cc1. The molecule has 0 spiro atoms. The molecule has 0 unspecified atom stereocenters. The summed E-state index contributed by atoms with van der Waals surface area (Å²) in [4.78, 5) is 24.4. The predicted molar refractivity (Wildman–Crippen MR) is 116 cm³/mol. The maximum absolute atomic E-state index is 12.8. The number of carbonyl (C=O) groups excluding carboxylic acids is 2. The Morgan fingerprint density at radius 1 is 1.17 bits per heavy atom. The maximum Gasteiger partial charge on any atom is 0.427 e. The number of carbonyl (C=O) groups is 2. The summed E-state index contributed by atoms with van der Waals surface area (Å²) >= 11 is 0. The van der Waals surface area contributed by atoms with Crippen molar-refractivity contribution in [2.45, 2.75) is 59.3 Å². The zero-order valence-corrected chi connectivity index (χ0v) is 17.8. The molecule has 0 saturated heterocycles. The predicted octanol–water partition coefficient (Wildman–Crippen LogP) is 4.97. The second-order valence-corrected chi connectivity index (χ2v) is 7.35. The molecule has 0 aliphatic heterocycles. The highest BCUT2D eigenvalue weighted by Gasteiger charge is 2.28. The van der Waals surface area contributed by atoms with Crippen molar-refractivity contribution >= 4 is 23.4 Å². The number of aryl methyl sites for hydroxylation is 2. The summed E-state index contributed by atoms with van der Waals surface area (Å²) in [6.45, 7) is 6.02. The van der Waals surface area contributed by atoms with Crippen molar-refractivity contribution in [3.05, 3.63) is 52.5 Å². The van der Waals surface area contributed by atoms with Crippen LogP contribution in [0.5, 0.6) is 0 Å². The largest absolute Gasteiger partial charge is 0.455 e. The Bertz CT molecular complexity index is 929. The number of nitrogens with one attached hydrogen (secondary N) is 2. The van der Waals surface area contributed by atoms with Crippen molar-refractivity contribution in [3.63, 3.8) is 0 Å². The van der Waals surface area contributed by atoms with Crippen LogP contribution in [0.4, 0.5) is 10.5 Å². The lowest BCUT2D eigenvalue weighted by molar-refractivity contribution is 0.0994. The summed E-state index contributed by atoms with van der Waals surface area (Å²) in [5.41, 5.74) is 6.62. The van der Waals surface area contributed by atoms with E-state index in [-0.39, 0.29) is 18.3 Å². The monoisotopic (exact) mass is 411 g/mol. The lowest BCUT2D eigenvalue weighted by Crippen LogP contribution is -2.22. The van der Waals surface area contributed by atoms with Crippen molar-refractivity contribution in [1.29, 1.82) is 0 Å². The number of rotatable bonds is 7. The molecule has 2 aromatic rings. The van der Waals surface area contributed by atoms with E-state index in [1.54, 1.807) is 6.92 Å². The van der Waals surface area contributed by atoms with Gasteiger partial charge in [-0.25, -0.2) is 10.2 Å². The van der Waals surface area contributed by atoms with Gasteiger partial charge in [0.25, 0.3) is 5.91 Å². The van der Waals surface area contributed by atoms with Gasteiger partial charge < -0.3 is 14.5 Å². The Hall–Kier alpha value is -3.09. The van der Waals surface area contributed by atoms with Crippen LogP contribution in [0, 0.1) is 6.92 Å². The number of unbranched alkanes of at least 4 members (excludes halogenated alkanes) is 1. The first-order valence-electron chi connectivity index (χ1n) is 10.6. The van der Waals surface area contributed by atoms with E-state index in [1.165, 1.54) is 5.56 Å². The van der Waals surface area contributed by atoms with Gasteiger partial charge in [-0.1, -0.05) is 25.5 Å². The fourth-order valence-electron chi connectivity index (χ4n) is 3.60. The molecule has 30 heavy (non-hydrogen) atoms. The molecule has 1 aliphatic carbocycles. The molecule has 0 fully saturated rings. The van der Waals surface area contributed by atoms with Gasteiger partial charge in [-0.15, -0.1) is 0 Å². The Kier molecular flexibility index (Phi) is 7.27. The van der Waals surface area contributed by atoms with Gasteiger partial charge in [0.05, 0.1) is 12.3 Å². The summed E-state index contributed by atoms with van der Waals surface area (Å²) in [5, 5.41) is 7.11. The number of fused-ring (bicyclic) bond motifs is 1. The van der Waals surface area contributed by atoms with E-state index in [2.05, 4.69) is 22.8 Å². The molecule has 160 valence electrons. The van der Waals surface area contributed by atoms with E-state index in [0.29, 0.717) is 12.1 Å². The zero-order valence-electron chi connectivity index (χ0n) is 17.8. The summed E-state index contributed by atoms with van der Waals surface area (Å²) in [5.74, 6) is 0.713. The van der Waals surface area contributed by atoms with Crippen molar-refractivity contribution in [1.82, 2.24) is 5.43 Å². The molecular weight excluding hydrogens is 382 g/mol. The van der Waals surface area contributed by atoms with E-state index >= 15 is 0 Å². The van der Waals surface area contributed by atoms with Crippen molar-refractivity contribution in [2.24, 2.45) is 5.10 Å². The van der Waals surface area contributed by atoms with Gasteiger partial charge in [-0.3, -0.25) is 4.79 Å². The Balaban J connectivity index is 1.75. The molecule has 0 radical (unpaired) electrons. The highest BCUT2D eigenvalue weighted by Crippen LogP contribution is 2.30. The van der Waals surface area contributed by atoms with Gasteiger partial charge in [-0.2, -0.15) is 5.10 Å². The molecular formula is C23H29N3O4. The lowest BCUT2D eigenvalue weighted by atomic mass is 9.93. The number of furan rings is 1. The van der Waals surface area contributed by atoms with E-state index < -0.39 is 6.09 Å². The molecule has 1 heterocycles. The Labute approximate surface area is 176 Å². The van der Waals surface area contributed by atoms with Crippen molar-refractivity contribution < 1.29 is 18.7 Å². The van der Waals surface area contributed by atoms with E-state index in [1.807, 2.05) is 31.2 Å². The fraction of sp³-hybridized carbons (Fsp3) is 0.435. The molecule has 0 bridgehead atoms. The smallest absolute Gasteiger partial charge is 0.427 e. The van der Waals surface area contributed by atoms with Gasteiger partial charge in [0, 0.05) is 23.2 Å². The lowest BCUT2D eigenvalue weighted by Gasteiger charge is -2.13. The topological polar surface area (TPSA) is 92.9 Å². The molecule has 7 nitrogen and oxygen atoms in total. The normalized spacial score (nSPS) is 14.3. The summed E-state index contributed by atoms with van der Waals surface area (Å²) in [6.07, 6.45) is 5.01. The minimum atomic E-state index is -0.598. The number of benzene rings is 1. The molecule has 2 amide bonds. The maximum atomic E-state index is 12.8. The van der Waals surface area contributed by atoms with E-state index in [9.17, 15) is 9.59 Å². The average molecular weight is 412 g/mol. The van der Waals surface area contributed by atoms with Crippen LogP contribution in [0.15, 0.2) is 33.8 Å². The van der Waals surface area contributed by atoms with Crippen LogP contribution >= 0.6 is 0 Å². The standard InChI is InChI=1S/C23H29N3O4/c1-4-6-8-16-11-13-17(14-12-16)24-22(27)21-15(3)20-18(9-7-10-19(20)30-21)25-26-23(28)29-5-2/h11-14H,4-10H2,1-3H3,(H,24,27)(H,26,28)/b25-18+. The highest BCUT2D eigenvalue weighted by molar-refractivity contribution is 6.09. The summed E-state index contributed by atoms with van der Waals surface area (Å²) in [6, 6.07) is 7.91. The van der Waals surface area contributed by atoms with E-state index in [4.69, 9.17) is 9.15 Å². The first-order valence-corrected chi connectivity index (χ1v) is 10.6. The quantitative estimate of drug-likeness (QED) is 0.629. The molecule has 2 N–H and O–H groups in total. The number of hydrazone groups is 1. The van der Waals surface area contributed by atoms with Gasteiger partial charge in [0.2, 0.25) is 0 Å². The summed E-state index contributed by atoms with van der Waals surface area (Å²) in [7, 11) is 0. The van der Waals surface area contributed by atoms with Crippen LogP contribution in [-0.4, -0.2) is 24.3 Å². The molecule has 1 aliphatic rings. The molecule has 1 aromatic carbocycles. The number of hydrogen-bond acceptors (Lipinski definition) is 5. The Morgan fingerprint density at radius 2 is 1.93 bits per heavy atom. The van der Waals surface area contributed by atoms with Crippen molar-refractivity contribution in [2.75, 3.05) is 11.9 Å². The molecule has 7 heteroatoms. The van der Waals surface area contributed by atoms with Gasteiger partial charge in [0.1, 0.15) is 5.76 Å². The highest BCUT2D eigenvalue weighted by atomic mass is 16.5. The molecule has 3 rings (SSSR count). The van der Waals surface area contributed by atoms with Crippen LogP contribution in [-0.2, 0) is 17.6 Å². The summed E-state index contributed by atoms with van der Waals surface area (Å²) < 4.78 is 10.7. The number of anilines is 1. The van der Waals surface area contributed by atoms with Crippen LogP contribution in [0.1, 0.15) is 72.5 Å². The zero-order chi connectivity index (χ0) is 21.5. The first-order chi connectivity index (χ1) is 14.5. The van der Waals surface area contributed by atoms with Crippen LogP contribution in [0.2, 0.25) is 0 Å². The average Bonchev–Trinajstić information content (AvgIpc) is 3.09. The fourth-order valence-corrected chi connectivity index (χ4v) is 3.60. The first kappa shape index (κ1) is 21.6. The molecule has 0 atom stereocenters. The van der Waals surface area contributed by atoms with Crippen molar-refractivity contribution in [3.8, 4) is 0 Å². The van der Waals surface area contributed by atoms with Gasteiger partial charge >= 0.3 is 6.09 Å². The molecule has 1 aromatic heterocycles. The molecule has 0 saturated carbocycles. The van der Waals surface area contributed by atoms with E-state index in [0.717, 1.165) is 54.7 Å². The minimum absolute atomic E-state index is 0.274. The van der Waals surface area contributed by atoms with Gasteiger partial charge in [0.15, 0.2) is 5.76 Å². The van der Waals surface area contributed by atoms with Crippen LogP contribution in [0.25, 0.3) is 0 Å². The third-order valence-corrected chi connectivity index (χ3v) is 5.12. The number of ether oxygens (including phenoxy) is 1. The third kappa shape index (κ3) is 5.09. The second-order valence-electron chi connectivity index (χ2n) is 7.35. The Morgan fingerprint density at radius 3 is 2.63 bits per heavy atom. The number of amides is 2. The second kappa shape index (κ2) is 10.1. The minimum Gasteiger partial charge on any atom is -0.455 e. The van der Waals surface area contributed by atoms with Crippen LogP contribution in [0.3, 0.4) is 0 Å².